The molecule has 0 spiro atoms. The van der Waals surface area contributed by atoms with Gasteiger partial charge in [-0.3, -0.25) is 20.2 Å². The quantitative estimate of drug-likeness (QED) is 0.392. The number of fused-ring (bicyclic) bond motifs is 3. The molecule has 0 amide bonds. The second-order valence-electron chi connectivity index (χ2n) is 7.21. The molecule has 2 aromatic carbocycles. The molecule has 2 aromatic rings. The molecule has 1 heterocycles. The number of nitrogens with zero attached hydrogens (tertiary/aromatic N) is 2. The Balaban J connectivity index is 1.73. The lowest BCUT2D eigenvalue weighted by Gasteiger charge is -2.35. The number of hydrogen-bond donors (Lipinski definition) is 2. The number of carbonyl (C=O) groups is 1. The summed E-state index contributed by atoms with van der Waals surface area (Å²) < 4.78 is 0. The maximum atomic E-state index is 11.9. The molecule has 1 fully saturated rings. The van der Waals surface area contributed by atoms with Gasteiger partial charge in [-0.2, -0.15) is 0 Å². The van der Waals surface area contributed by atoms with Crippen molar-refractivity contribution in [2.75, 3.05) is 5.32 Å². The van der Waals surface area contributed by atoms with E-state index in [-0.39, 0.29) is 22.3 Å². The summed E-state index contributed by atoms with van der Waals surface area (Å²) in [5.41, 5.74) is 0.552. The standard InChI is InChI=1S/C19H16ClN3O6S/c20-16-14(30-13-7-2-1-5-11(13)22(26)27)8-10-15(16)9-4-3-6-12(23(28)29)17(9)21-18(10)19(24)25/h1-7,10,14-16,18,21H,8H2,(H,24,25)/t10-,14+,15-,16+,18-/m0/s1. The van der Waals surface area contributed by atoms with Crippen molar-refractivity contribution < 1.29 is 19.7 Å². The molecule has 1 aliphatic heterocycles. The van der Waals surface area contributed by atoms with Gasteiger partial charge in [-0.1, -0.05) is 24.3 Å². The van der Waals surface area contributed by atoms with E-state index in [9.17, 15) is 30.1 Å². The predicted molar refractivity (Wildman–Crippen MR) is 111 cm³/mol. The minimum atomic E-state index is -1.12. The van der Waals surface area contributed by atoms with Gasteiger partial charge in [0.05, 0.1) is 20.1 Å². The summed E-state index contributed by atoms with van der Waals surface area (Å²) in [6.45, 7) is 0. The number of nitro benzene ring substituents is 2. The molecule has 2 N–H and O–H groups in total. The number of rotatable bonds is 5. The molecule has 2 aliphatic rings. The van der Waals surface area contributed by atoms with Crippen LogP contribution in [0.5, 0.6) is 0 Å². The van der Waals surface area contributed by atoms with Crippen molar-refractivity contribution in [3.8, 4) is 0 Å². The molecule has 30 heavy (non-hydrogen) atoms. The third-order valence-corrected chi connectivity index (χ3v) is 7.74. The van der Waals surface area contributed by atoms with Gasteiger partial charge in [-0.25, -0.2) is 4.79 Å². The van der Waals surface area contributed by atoms with Crippen LogP contribution in [0.25, 0.3) is 0 Å². The molecule has 156 valence electrons. The smallest absolute Gasteiger partial charge is 0.326 e. The zero-order chi connectivity index (χ0) is 21.6. The van der Waals surface area contributed by atoms with Gasteiger partial charge in [0.2, 0.25) is 0 Å². The second-order valence-corrected chi connectivity index (χ2v) is 8.99. The van der Waals surface area contributed by atoms with Crippen molar-refractivity contribution >= 4 is 46.4 Å². The first-order valence-electron chi connectivity index (χ1n) is 9.10. The summed E-state index contributed by atoms with van der Waals surface area (Å²) in [6, 6.07) is 9.88. The van der Waals surface area contributed by atoms with E-state index in [1.54, 1.807) is 30.3 Å². The molecule has 0 aromatic heterocycles. The second kappa shape index (κ2) is 7.77. The van der Waals surface area contributed by atoms with E-state index in [4.69, 9.17) is 11.6 Å². The first kappa shape index (κ1) is 20.4. The highest BCUT2D eigenvalue weighted by atomic mass is 35.5. The molecule has 11 heteroatoms. The third kappa shape index (κ3) is 3.35. The van der Waals surface area contributed by atoms with E-state index in [0.29, 0.717) is 16.9 Å². The maximum absolute atomic E-state index is 11.9. The van der Waals surface area contributed by atoms with Crippen molar-refractivity contribution in [3.63, 3.8) is 0 Å². The van der Waals surface area contributed by atoms with Crippen LogP contribution in [0.15, 0.2) is 47.4 Å². The normalized spacial score (nSPS) is 26.9. The fraction of sp³-hybridized carbons (Fsp3) is 0.316. The molecular formula is C19H16ClN3O6S. The molecule has 5 atom stereocenters. The number of aliphatic carboxylic acids is 1. The molecule has 1 saturated carbocycles. The largest absolute Gasteiger partial charge is 0.480 e. The van der Waals surface area contributed by atoms with E-state index in [0.717, 1.165) is 0 Å². The highest BCUT2D eigenvalue weighted by molar-refractivity contribution is 8.00. The molecule has 9 nitrogen and oxygen atoms in total. The molecule has 1 aliphatic carbocycles. The van der Waals surface area contributed by atoms with Gasteiger partial charge in [0.25, 0.3) is 11.4 Å². The van der Waals surface area contributed by atoms with Crippen LogP contribution in [0, 0.1) is 26.1 Å². The SMILES string of the molecule is O=C(O)[C@H]1Nc2c(cccc2[N+](=O)[O-])[C@@H]2[C@H](Cl)[C@H](Sc3ccccc3[N+](=O)[O-])C[C@@H]21. The number of anilines is 1. The molecule has 4 rings (SSSR count). The summed E-state index contributed by atoms with van der Waals surface area (Å²) in [5.74, 6) is -1.95. The van der Waals surface area contributed by atoms with E-state index < -0.39 is 39.1 Å². The predicted octanol–water partition coefficient (Wildman–Crippen LogP) is 4.25. The first-order chi connectivity index (χ1) is 14.3. The van der Waals surface area contributed by atoms with E-state index in [2.05, 4.69) is 5.32 Å². The zero-order valence-corrected chi connectivity index (χ0v) is 16.9. The average molecular weight is 450 g/mol. The van der Waals surface area contributed by atoms with Crippen LogP contribution in [-0.2, 0) is 4.79 Å². The minimum absolute atomic E-state index is 0.0369. The lowest BCUT2D eigenvalue weighted by atomic mass is 9.79. The van der Waals surface area contributed by atoms with Crippen LogP contribution in [0.1, 0.15) is 17.9 Å². The van der Waals surface area contributed by atoms with Crippen LogP contribution in [0.2, 0.25) is 0 Å². The van der Waals surface area contributed by atoms with Crippen LogP contribution in [-0.4, -0.2) is 37.6 Å². The van der Waals surface area contributed by atoms with E-state index in [1.165, 1.54) is 23.9 Å². The van der Waals surface area contributed by atoms with Gasteiger partial charge in [0.1, 0.15) is 11.7 Å². The fourth-order valence-corrected chi connectivity index (χ4v) is 6.34. The first-order valence-corrected chi connectivity index (χ1v) is 10.4. The Morgan fingerprint density at radius 1 is 1.10 bits per heavy atom. The van der Waals surface area contributed by atoms with Crippen LogP contribution in [0.3, 0.4) is 0 Å². The van der Waals surface area contributed by atoms with Crippen molar-refractivity contribution in [3.05, 3.63) is 68.3 Å². The topological polar surface area (TPSA) is 136 Å². The Hall–Kier alpha value is -2.85. The lowest BCUT2D eigenvalue weighted by Crippen LogP contribution is -2.42. The van der Waals surface area contributed by atoms with Crippen molar-refractivity contribution in [2.45, 2.75) is 33.9 Å². The number of carboxylic acids is 1. The van der Waals surface area contributed by atoms with E-state index >= 15 is 0 Å². The Morgan fingerprint density at radius 3 is 2.43 bits per heavy atom. The minimum Gasteiger partial charge on any atom is -0.480 e. The van der Waals surface area contributed by atoms with Gasteiger partial charge in [-0.15, -0.1) is 23.4 Å². The van der Waals surface area contributed by atoms with Crippen LogP contribution in [0.4, 0.5) is 17.1 Å². The molecule has 0 radical (unpaired) electrons. The van der Waals surface area contributed by atoms with Gasteiger partial charge in [-0.05, 0) is 24.0 Å². The number of halogens is 1. The highest BCUT2D eigenvalue weighted by Gasteiger charge is 2.53. The van der Waals surface area contributed by atoms with Crippen molar-refractivity contribution in [1.82, 2.24) is 0 Å². The monoisotopic (exact) mass is 449 g/mol. The highest BCUT2D eigenvalue weighted by Crippen LogP contribution is 2.56. The number of carboxylic acid groups (broad SMARTS) is 1. The Bertz CT molecular complexity index is 1050. The van der Waals surface area contributed by atoms with E-state index in [1.807, 2.05) is 0 Å². The fourth-order valence-electron chi connectivity index (χ4n) is 4.39. The summed E-state index contributed by atoms with van der Waals surface area (Å²) in [4.78, 5) is 34.2. The lowest BCUT2D eigenvalue weighted by molar-refractivity contribution is -0.387. The van der Waals surface area contributed by atoms with Crippen molar-refractivity contribution in [1.29, 1.82) is 0 Å². The van der Waals surface area contributed by atoms with Crippen LogP contribution < -0.4 is 5.32 Å². The molecular weight excluding hydrogens is 434 g/mol. The number of alkyl halides is 1. The van der Waals surface area contributed by atoms with Gasteiger partial charge < -0.3 is 10.4 Å². The average Bonchev–Trinajstić information content (AvgIpc) is 3.03. The molecule has 0 bridgehead atoms. The molecule has 0 unspecified atom stereocenters. The Kier molecular flexibility index (Phi) is 5.29. The number of nitrogens with one attached hydrogen (secondary N) is 1. The molecule has 0 saturated heterocycles. The number of thioether (sulfide) groups is 1. The number of benzene rings is 2. The van der Waals surface area contributed by atoms with Gasteiger partial charge >= 0.3 is 5.97 Å². The van der Waals surface area contributed by atoms with Gasteiger partial charge in [0.15, 0.2) is 0 Å². The number of nitro groups is 2. The maximum Gasteiger partial charge on any atom is 0.326 e. The number of para-hydroxylation sites is 2. The summed E-state index contributed by atoms with van der Waals surface area (Å²) in [6.07, 6.45) is 0.404. The summed E-state index contributed by atoms with van der Waals surface area (Å²) >= 11 is 8.03. The summed E-state index contributed by atoms with van der Waals surface area (Å²) in [5, 5.41) is 34.5. The Morgan fingerprint density at radius 2 is 1.77 bits per heavy atom. The number of hydrogen-bond acceptors (Lipinski definition) is 7. The van der Waals surface area contributed by atoms with Crippen molar-refractivity contribution in [2.24, 2.45) is 5.92 Å². The zero-order valence-electron chi connectivity index (χ0n) is 15.3. The van der Waals surface area contributed by atoms with Crippen LogP contribution >= 0.6 is 23.4 Å². The Labute approximate surface area is 179 Å². The summed E-state index contributed by atoms with van der Waals surface area (Å²) in [7, 11) is 0. The van der Waals surface area contributed by atoms with Gasteiger partial charge in [0, 0.05) is 23.3 Å². The third-order valence-electron chi connectivity index (χ3n) is 5.63.